The van der Waals surface area contributed by atoms with E-state index in [-0.39, 0.29) is 12.1 Å². The maximum absolute atomic E-state index is 12.0. The van der Waals surface area contributed by atoms with Crippen molar-refractivity contribution in [3.8, 4) is 0 Å². The average Bonchev–Trinajstić information content (AvgIpc) is 2.74. The minimum Gasteiger partial charge on any atom is -0.390 e. The van der Waals surface area contributed by atoms with Crippen molar-refractivity contribution in [2.24, 2.45) is 0 Å². The highest BCUT2D eigenvalue weighted by Gasteiger charge is 2.31. The van der Waals surface area contributed by atoms with Gasteiger partial charge in [0.1, 0.15) is 0 Å². The second-order valence-electron chi connectivity index (χ2n) is 4.70. The van der Waals surface area contributed by atoms with Crippen LogP contribution in [0.4, 0.5) is 10.5 Å². The van der Waals surface area contributed by atoms with E-state index >= 15 is 0 Å². The summed E-state index contributed by atoms with van der Waals surface area (Å²) in [5.74, 6) is 0. The van der Waals surface area contributed by atoms with Crippen LogP contribution in [0.2, 0.25) is 0 Å². The zero-order valence-corrected chi connectivity index (χ0v) is 10.7. The van der Waals surface area contributed by atoms with Gasteiger partial charge in [0.05, 0.1) is 12.1 Å². The van der Waals surface area contributed by atoms with Crippen LogP contribution in [0.15, 0.2) is 24.3 Å². The molecule has 0 aromatic heterocycles. The molecule has 2 amide bonds. The van der Waals surface area contributed by atoms with Crippen molar-refractivity contribution in [1.29, 1.82) is 0 Å². The largest absolute Gasteiger partial charge is 0.390 e. The number of aliphatic hydroxyl groups excluding tert-OH is 1. The Hall–Kier alpha value is -1.59. The molecule has 1 heterocycles. The third-order valence-corrected chi connectivity index (χ3v) is 3.24. The lowest BCUT2D eigenvalue weighted by Gasteiger charge is -2.26. The van der Waals surface area contributed by atoms with E-state index in [0.29, 0.717) is 13.1 Å². The number of nitrogens with one attached hydrogen (secondary N) is 2. The number of amides is 2. The van der Waals surface area contributed by atoms with Gasteiger partial charge in [-0.1, -0.05) is 12.1 Å². The van der Waals surface area contributed by atoms with Gasteiger partial charge in [0.25, 0.3) is 0 Å². The zero-order valence-electron chi connectivity index (χ0n) is 10.7. The molecule has 18 heavy (non-hydrogen) atoms. The van der Waals surface area contributed by atoms with E-state index in [1.807, 2.05) is 31.2 Å². The first-order valence-electron chi connectivity index (χ1n) is 6.07. The number of carbonyl (C=O) groups is 1. The van der Waals surface area contributed by atoms with E-state index in [0.717, 1.165) is 11.3 Å². The maximum Gasteiger partial charge on any atom is 0.321 e. The van der Waals surface area contributed by atoms with E-state index in [1.165, 1.54) is 0 Å². The predicted molar refractivity (Wildman–Crippen MR) is 70.6 cm³/mol. The van der Waals surface area contributed by atoms with Crippen LogP contribution in [-0.4, -0.2) is 48.3 Å². The summed E-state index contributed by atoms with van der Waals surface area (Å²) in [6.07, 6.45) is -0.502. The first-order chi connectivity index (χ1) is 8.58. The SMILES string of the molecule is Cc1cccc(NC(=O)N(C)[C@@H]2CNC[C@H]2O)c1. The molecule has 0 radical (unpaired) electrons. The Morgan fingerprint density at radius 3 is 2.89 bits per heavy atom. The molecule has 0 saturated carbocycles. The summed E-state index contributed by atoms with van der Waals surface area (Å²) in [4.78, 5) is 13.6. The molecule has 0 aliphatic carbocycles. The molecule has 1 fully saturated rings. The number of benzene rings is 1. The van der Waals surface area contributed by atoms with Crippen LogP contribution in [-0.2, 0) is 0 Å². The molecule has 1 aliphatic heterocycles. The number of β-amino-alcohol motifs (C(OH)–C–C–N with tert-alkyl or cyclic N) is 1. The van der Waals surface area contributed by atoms with E-state index < -0.39 is 6.10 Å². The Morgan fingerprint density at radius 1 is 1.50 bits per heavy atom. The standard InChI is InChI=1S/C13H19N3O2/c1-9-4-3-5-10(6-9)15-13(18)16(2)11-7-14-8-12(11)17/h3-6,11-12,14,17H,7-8H2,1-2H3,(H,15,18)/t11-,12-/m1/s1. The molecule has 5 heteroatoms. The highest BCUT2D eigenvalue weighted by Crippen LogP contribution is 2.13. The molecule has 98 valence electrons. The number of hydrogen-bond acceptors (Lipinski definition) is 3. The Morgan fingerprint density at radius 2 is 2.28 bits per heavy atom. The summed E-state index contributed by atoms with van der Waals surface area (Å²) in [7, 11) is 1.70. The van der Waals surface area contributed by atoms with E-state index in [2.05, 4.69) is 10.6 Å². The number of aryl methyl sites for hydroxylation is 1. The lowest BCUT2D eigenvalue weighted by Crippen LogP contribution is -2.46. The topological polar surface area (TPSA) is 64.6 Å². The minimum atomic E-state index is -0.502. The second kappa shape index (κ2) is 5.37. The summed E-state index contributed by atoms with van der Waals surface area (Å²) in [5, 5.41) is 15.6. The Kier molecular flexibility index (Phi) is 3.84. The van der Waals surface area contributed by atoms with Crippen LogP contribution in [0, 0.1) is 6.92 Å². The quantitative estimate of drug-likeness (QED) is 0.726. The van der Waals surface area contributed by atoms with Gasteiger partial charge in [-0.3, -0.25) is 0 Å². The van der Waals surface area contributed by atoms with Crippen LogP contribution >= 0.6 is 0 Å². The van der Waals surface area contributed by atoms with Crippen molar-refractivity contribution in [3.05, 3.63) is 29.8 Å². The summed E-state index contributed by atoms with van der Waals surface area (Å²) in [6.45, 7) is 3.13. The maximum atomic E-state index is 12.0. The number of anilines is 1. The van der Waals surface area contributed by atoms with Gasteiger partial charge in [-0.15, -0.1) is 0 Å². The number of carbonyl (C=O) groups excluding carboxylic acids is 1. The fourth-order valence-electron chi connectivity index (χ4n) is 2.13. The van der Waals surface area contributed by atoms with Crippen molar-refractivity contribution in [2.75, 3.05) is 25.5 Å². The monoisotopic (exact) mass is 249 g/mol. The molecule has 1 aliphatic rings. The second-order valence-corrected chi connectivity index (χ2v) is 4.70. The van der Waals surface area contributed by atoms with Crippen molar-refractivity contribution in [2.45, 2.75) is 19.1 Å². The van der Waals surface area contributed by atoms with Crippen molar-refractivity contribution in [3.63, 3.8) is 0 Å². The third kappa shape index (κ3) is 2.80. The molecule has 3 N–H and O–H groups in total. The first-order valence-corrected chi connectivity index (χ1v) is 6.07. The van der Waals surface area contributed by atoms with Crippen molar-refractivity contribution in [1.82, 2.24) is 10.2 Å². The predicted octanol–water partition coefficient (Wildman–Crippen LogP) is 0.791. The van der Waals surface area contributed by atoms with E-state index in [1.54, 1.807) is 11.9 Å². The van der Waals surface area contributed by atoms with Gasteiger partial charge in [-0.05, 0) is 24.6 Å². The Balaban J connectivity index is 1.99. The number of hydrogen-bond donors (Lipinski definition) is 3. The molecule has 1 saturated heterocycles. The van der Waals surface area contributed by atoms with Gasteiger partial charge in [-0.25, -0.2) is 4.79 Å². The van der Waals surface area contributed by atoms with Gasteiger partial charge in [-0.2, -0.15) is 0 Å². The number of nitrogens with zero attached hydrogens (tertiary/aromatic N) is 1. The Bertz CT molecular complexity index is 436. The average molecular weight is 249 g/mol. The molecule has 5 nitrogen and oxygen atoms in total. The van der Waals surface area contributed by atoms with Gasteiger partial charge >= 0.3 is 6.03 Å². The lowest BCUT2D eigenvalue weighted by atomic mass is 10.2. The molecule has 0 unspecified atom stereocenters. The van der Waals surface area contributed by atoms with E-state index in [9.17, 15) is 9.90 Å². The van der Waals surface area contributed by atoms with Crippen molar-refractivity contribution >= 4 is 11.7 Å². The van der Waals surface area contributed by atoms with Crippen LogP contribution in [0.5, 0.6) is 0 Å². The molecule has 2 rings (SSSR count). The van der Waals surface area contributed by atoms with Gasteiger partial charge < -0.3 is 20.6 Å². The first kappa shape index (κ1) is 12.9. The summed E-state index contributed by atoms with van der Waals surface area (Å²) in [6, 6.07) is 7.26. The van der Waals surface area contributed by atoms with Crippen LogP contribution in [0.1, 0.15) is 5.56 Å². The minimum absolute atomic E-state index is 0.171. The molecule has 1 aromatic rings. The zero-order chi connectivity index (χ0) is 13.1. The number of urea groups is 1. The number of aliphatic hydroxyl groups is 1. The summed E-state index contributed by atoms with van der Waals surface area (Å²) in [5.41, 5.74) is 1.87. The van der Waals surface area contributed by atoms with Crippen molar-refractivity contribution < 1.29 is 9.90 Å². The third-order valence-electron chi connectivity index (χ3n) is 3.24. The fraction of sp³-hybridized carbons (Fsp3) is 0.462. The van der Waals surface area contributed by atoms with Gasteiger partial charge in [0.2, 0.25) is 0 Å². The molecule has 0 bridgehead atoms. The summed E-state index contributed by atoms with van der Waals surface area (Å²) >= 11 is 0. The van der Waals surface area contributed by atoms with Crippen LogP contribution in [0.25, 0.3) is 0 Å². The molecule has 2 atom stereocenters. The van der Waals surface area contributed by atoms with E-state index in [4.69, 9.17) is 0 Å². The molecular weight excluding hydrogens is 230 g/mol. The normalized spacial score (nSPS) is 22.8. The Labute approximate surface area is 107 Å². The molecular formula is C13H19N3O2. The molecule has 0 spiro atoms. The van der Waals surface area contributed by atoms with Crippen LogP contribution < -0.4 is 10.6 Å². The summed E-state index contributed by atoms with van der Waals surface area (Å²) < 4.78 is 0. The smallest absolute Gasteiger partial charge is 0.321 e. The fourth-order valence-corrected chi connectivity index (χ4v) is 2.13. The lowest BCUT2D eigenvalue weighted by molar-refractivity contribution is 0.115. The highest BCUT2D eigenvalue weighted by atomic mass is 16.3. The highest BCUT2D eigenvalue weighted by molar-refractivity contribution is 5.89. The van der Waals surface area contributed by atoms with Gasteiger partial charge in [0.15, 0.2) is 0 Å². The number of rotatable bonds is 2. The number of likely N-dealkylation sites (N-methyl/N-ethyl adjacent to an activating group) is 1. The van der Waals surface area contributed by atoms with Gasteiger partial charge in [0, 0.05) is 25.8 Å². The van der Waals surface area contributed by atoms with Crippen LogP contribution in [0.3, 0.4) is 0 Å². The molecule has 1 aromatic carbocycles.